The van der Waals surface area contributed by atoms with Crippen LogP contribution in [0.1, 0.15) is 125 Å². The van der Waals surface area contributed by atoms with Crippen LogP contribution in [0.2, 0.25) is 0 Å². The van der Waals surface area contributed by atoms with Crippen molar-refractivity contribution in [1.82, 2.24) is 0 Å². The van der Waals surface area contributed by atoms with E-state index < -0.39 is 0 Å². The van der Waals surface area contributed by atoms with Gasteiger partial charge in [0.25, 0.3) is 0 Å². The molecule has 3 rings (SSSR count). The van der Waals surface area contributed by atoms with E-state index in [0.717, 1.165) is 23.0 Å². The number of unbranched alkanes of at least 4 members (excludes halogenated alkanes) is 6. The molecule has 0 aliphatic heterocycles. The van der Waals surface area contributed by atoms with Crippen molar-refractivity contribution in [3.05, 3.63) is 70.8 Å². The molecule has 0 aromatic heterocycles. The van der Waals surface area contributed by atoms with Gasteiger partial charge in [-0.15, -0.1) is 0 Å². The van der Waals surface area contributed by atoms with Gasteiger partial charge in [-0.05, 0) is 72.6 Å². The van der Waals surface area contributed by atoms with Crippen molar-refractivity contribution in [1.29, 1.82) is 0 Å². The van der Waals surface area contributed by atoms with Gasteiger partial charge in [-0.3, -0.25) is 0 Å². The molecule has 0 heterocycles. The molecule has 0 radical (unpaired) electrons. The van der Waals surface area contributed by atoms with E-state index in [1.807, 2.05) is 12.4 Å². The Balaban J connectivity index is 1.39. The summed E-state index contributed by atoms with van der Waals surface area (Å²) in [6.07, 6.45) is 22.7. The standard InChI is InChI=1S/C32H46N2/c1-3-5-7-8-10-12-27-13-15-29(16-14-27)25-33-34-26-30-19-23-32(24-20-30)31-21-17-28(18-22-31)11-9-6-4-2/h13-16,19-20,23-26,28,31H,3-12,17-18,21-22H2,1-2H3/b33-25+,34-26+. The SMILES string of the molecule is CCCCCCCc1ccc(/C=N/N=C/c2ccc(C3CCC(CCCCC)CC3)cc2)cc1. The second-order valence-electron chi connectivity index (χ2n) is 10.3. The minimum atomic E-state index is 0.741. The number of nitrogens with zero attached hydrogens (tertiary/aromatic N) is 2. The summed E-state index contributed by atoms with van der Waals surface area (Å²) in [5.74, 6) is 1.71. The molecule has 0 N–H and O–H groups in total. The van der Waals surface area contributed by atoms with Crippen molar-refractivity contribution in [3.8, 4) is 0 Å². The van der Waals surface area contributed by atoms with Crippen molar-refractivity contribution < 1.29 is 0 Å². The van der Waals surface area contributed by atoms with Gasteiger partial charge < -0.3 is 0 Å². The lowest BCUT2D eigenvalue weighted by molar-refractivity contribution is 0.303. The minimum absolute atomic E-state index is 0.741. The molecule has 0 bridgehead atoms. The maximum atomic E-state index is 4.27. The van der Waals surface area contributed by atoms with Gasteiger partial charge in [0.05, 0.1) is 12.4 Å². The summed E-state index contributed by atoms with van der Waals surface area (Å²) in [5.41, 5.74) is 5.14. The molecule has 0 amide bonds. The van der Waals surface area contributed by atoms with E-state index in [4.69, 9.17) is 0 Å². The van der Waals surface area contributed by atoms with E-state index in [2.05, 4.69) is 72.6 Å². The monoisotopic (exact) mass is 458 g/mol. The van der Waals surface area contributed by atoms with E-state index in [0.29, 0.717) is 0 Å². The first kappa shape index (κ1) is 26.4. The molecule has 2 nitrogen and oxygen atoms in total. The third-order valence-electron chi connectivity index (χ3n) is 7.50. The smallest absolute Gasteiger partial charge is 0.0568 e. The van der Waals surface area contributed by atoms with E-state index in [1.54, 1.807) is 0 Å². The summed E-state index contributed by atoms with van der Waals surface area (Å²) >= 11 is 0. The maximum Gasteiger partial charge on any atom is 0.0568 e. The average molecular weight is 459 g/mol. The van der Waals surface area contributed by atoms with Crippen molar-refractivity contribution in [2.24, 2.45) is 16.1 Å². The van der Waals surface area contributed by atoms with Crippen LogP contribution in [-0.4, -0.2) is 12.4 Å². The molecule has 0 spiro atoms. The molecular formula is C32H46N2. The highest BCUT2D eigenvalue weighted by atomic mass is 15.2. The van der Waals surface area contributed by atoms with Gasteiger partial charge in [0.1, 0.15) is 0 Å². The molecule has 0 unspecified atom stereocenters. The summed E-state index contributed by atoms with van der Waals surface area (Å²) in [4.78, 5) is 0. The minimum Gasteiger partial charge on any atom is -0.159 e. The van der Waals surface area contributed by atoms with E-state index in [1.165, 1.54) is 101 Å². The van der Waals surface area contributed by atoms with Gasteiger partial charge in [-0.1, -0.05) is 114 Å². The summed E-state index contributed by atoms with van der Waals surface area (Å²) in [6.45, 7) is 4.56. The Labute approximate surface area is 209 Å². The number of aryl methyl sites for hydroxylation is 1. The Morgan fingerprint density at radius 1 is 0.647 bits per heavy atom. The van der Waals surface area contributed by atoms with Crippen LogP contribution in [0.4, 0.5) is 0 Å². The second-order valence-corrected chi connectivity index (χ2v) is 10.3. The van der Waals surface area contributed by atoms with Crippen LogP contribution in [-0.2, 0) is 6.42 Å². The average Bonchev–Trinajstić information content (AvgIpc) is 2.88. The first-order valence-corrected chi connectivity index (χ1v) is 14.0. The van der Waals surface area contributed by atoms with E-state index in [9.17, 15) is 0 Å². The van der Waals surface area contributed by atoms with Crippen LogP contribution in [0.25, 0.3) is 0 Å². The van der Waals surface area contributed by atoms with Crippen molar-refractivity contribution in [2.45, 2.75) is 110 Å². The van der Waals surface area contributed by atoms with Crippen LogP contribution in [0.3, 0.4) is 0 Å². The lowest BCUT2D eigenvalue weighted by Gasteiger charge is -2.29. The van der Waals surface area contributed by atoms with Crippen LogP contribution in [0.15, 0.2) is 58.7 Å². The third-order valence-corrected chi connectivity index (χ3v) is 7.50. The summed E-state index contributed by atoms with van der Waals surface area (Å²) < 4.78 is 0. The number of rotatable bonds is 14. The van der Waals surface area contributed by atoms with Gasteiger partial charge in [0.2, 0.25) is 0 Å². The highest BCUT2D eigenvalue weighted by molar-refractivity contribution is 5.82. The topological polar surface area (TPSA) is 24.7 Å². The second kappa shape index (κ2) is 15.6. The van der Waals surface area contributed by atoms with Gasteiger partial charge in [0.15, 0.2) is 0 Å². The summed E-state index contributed by atoms with van der Waals surface area (Å²) in [6, 6.07) is 17.7. The van der Waals surface area contributed by atoms with Crippen molar-refractivity contribution in [3.63, 3.8) is 0 Å². The molecule has 184 valence electrons. The highest BCUT2D eigenvalue weighted by Crippen LogP contribution is 2.37. The largest absolute Gasteiger partial charge is 0.159 e. The number of hydrogen-bond acceptors (Lipinski definition) is 2. The zero-order valence-electron chi connectivity index (χ0n) is 21.7. The Morgan fingerprint density at radius 2 is 1.21 bits per heavy atom. The molecule has 0 atom stereocenters. The Kier molecular flexibility index (Phi) is 12.1. The predicted molar refractivity (Wildman–Crippen MR) is 149 cm³/mol. The molecule has 34 heavy (non-hydrogen) atoms. The lowest BCUT2D eigenvalue weighted by Crippen LogP contribution is -2.13. The van der Waals surface area contributed by atoms with Crippen molar-refractivity contribution in [2.75, 3.05) is 0 Å². The lowest BCUT2D eigenvalue weighted by atomic mass is 9.77. The molecular weight excluding hydrogens is 412 g/mol. The zero-order valence-corrected chi connectivity index (χ0v) is 21.7. The fourth-order valence-corrected chi connectivity index (χ4v) is 5.22. The molecule has 2 aromatic carbocycles. The molecule has 1 aliphatic rings. The maximum absolute atomic E-state index is 4.27. The molecule has 0 saturated heterocycles. The molecule has 1 aliphatic carbocycles. The molecule has 1 saturated carbocycles. The first-order chi connectivity index (χ1) is 16.8. The fraction of sp³-hybridized carbons (Fsp3) is 0.562. The Hall–Kier alpha value is -2.22. The predicted octanol–water partition coefficient (Wildman–Crippen LogP) is 9.51. The van der Waals surface area contributed by atoms with Crippen LogP contribution in [0, 0.1) is 5.92 Å². The Bertz CT molecular complexity index is 840. The quantitative estimate of drug-likeness (QED) is 0.153. The van der Waals surface area contributed by atoms with E-state index >= 15 is 0 Å². The van der Waals surface area contributed by atoms with Crippen LogP contribution in [0.5, 0.6) is 0 Å². The van der Waals surface area contributed by atoms with Gasteiger partial charge in [0, 0.05) is 0 Å². The molecule has 1 fully saturated rings. The Morgan fingerprint density at radius 3 is 1.82 bits per heavy atom. The fourth-order valence-electron chi connectivity index (χ4n) is 5.22. The summed E-state index contributed by atoms with van der Waals surface area (Å²) in [5, 5.41) is 8.53. The van der Waals surface area contributed by atoms with Crippen molar-refractivity contribution >= 4 is 12.4 Å². The zero-order chi connectivity index (χ0) is 23.8. The molecule has 2 heteroatoms. The van der Waals surface area contributed by atoms with Gasteiger partial charge >= 0.3 is 0 Å². The highest BCUT2D eigenvalue weighted by Gasteiger charge is 2.21. The molecule has 2 aromatic rings. The third kappa shape index (κ3) is 9.57. The number of benzene rings is 2. The van der Waals surface area contributed by atoms with Gasteiger partial charge in [-0.2, -0.15) is 10.2 Å². The normalized spacial score (nSPS) is 18.8. The van der Waals surface area contributed by atoms with E-state index in [-0.39, 0.29) is 0 Å². The summed E-state index contributed by atoms with van der Waals surface area (Å²) in [7, 11) is 0. The van der Waals surface area contributed by atoms with Crippen LogP contribution >= 0.6 is 0 Å². The number of hydrogen-bond donors (Lipinski definition) is 0. The van der Waals surface area contributed by atoms with Gasteiger partial charge in [-0.25, -0.2) is 0 Å². The first-order valence-electron chi connectivity index (χ1n) is 14.0. The van der Waals surface area contributed by atoms with Crippen LogP contribution < -0.4 is 0 Å².